The van der Waals surface area contributed by atoms with Crippen LogP contribution in [0.4, 0.5) is 10.1 Å². The summed E-state index contributed by atoms with van der Waals surface area (Å²) >= 11 is 12.5. The zero-order valence-corrected chi connectivity index (χ0v) is 23.9. The molecular weight excluding hydrogens is 564 g/mol. The fourth-order valence-corrected chi connectivity index (χ4v) is 6.00. The van der Waals surface area contributed by atoms with Gasteiger partial charge in [-0.1, -0.05) is 67.4 Å². The van der Waals surface area contributed by atoms with Gasteiger partial charge in [0.25, 0.3) is 10.0 Å². The van der Waals surface area contributed by atoms with Crippen molar-refractivity contribution in [1.29, 1.82) is 0 Å². The lowest BCUT2D eigenvalue weighted by Gasteiger charge is -2.33. The largest absolute Gasteiger partial charge is 0.354 e. The van der Waals surface area contributed by atoms with Gasteiger partial charge in [0.2, 0.25) is 11.8 Å². The van der Waals surface area contributed by atoms with E-state index < -0.39 is 34.3 Å². The maximum Gasteiger partial charge on any atom is 0.264 e. The molecule has 0 aromatic heterocycles. The molecule has 0 aliphatic rings. The molecule has 3 aromatic rings. The first kappa shape index (κ1) is 30.4. The maximum absolute atomic E-state index is 13.9. The van der Waals surface area contributed by atoms with Crippen molar-refractivity contribution in [3.63, 3.8) is 0 Å². The molecule has 1 unspecified atom stereocenters. The molecule has 3 rings (SSSR count). The second-order valence-corrected chi connectivity index (χ2v) is 11.5. The van der Waals surface area contributed by atoms with Crippen molar-refractivity contribution >= 4 is 50.7 Å². The Bertz CT molecular complexity index is 1390. The zero-order valence-electron chi connectivity index (χ0n) is 21.6. The molecule has 0 saturated carbocycles. The lowest BCUT2D eigenvalue weighted by atomic mass is 10.1. The minimum absolute atomic E-state index is 0.0348. The van der Waals surface area contributed by atoms with Crippen LogP contribution >= 0.6 is 23.2 Å². The molecule has 39 heavy (non-hydrogen) atoms. The molecule has 0 spiro atoms. The molecule has 7 nitrogen and oxygen atoms in total. The predicted octanol–water partition coefficient (Wildman–Crippen LogP) is 5.66. The minimum Gasteiger partial charge on any atom is -0.354 e. The molecule has 11 heteroatoms. The number of carbonyl (C=O) groups is 2. The van der Waals surface area contributed by atoms with Gasteiger partial charge in [-0.25, -0.2) is 12.8 Å². The minimum atomic E-state index is -4.26. The summed E-state index contributed by atoms with van der Waals surface area (Å²) in [4.78, 5) is 28.3. The van der Waals surface area contributed by atoms with Gasteiger partial charge in [0.05, 0.1) is 15.6 Å². The first-order valence-electron chi connectivity index (χ1n) is 12.4. The summed E-state index contributed by atoms with van der Waals surface area (Å²) in [6.07, 6.45) is 0.974. The van der Waals surface area contributed by atoms with Gasteiger partial charge >= 0.3 is 0 Å². The van der Waals surface area contributed by atoms with Crippen molar-refractivity contribution in [1.82, 2.24) is 10.2 Å². The van der Waals surface area contributed by atoms with Crippen LogP contribution in [-0.2, 0) is 26.2 Å². The monoisotopic (exact) mass is 593 g/mol. The van der Waals surface area contributed by atoms with E-state index in [9.17, 15) is 22.4 Å². The third kappa shape index (κ3) is 7.71. The Morgan fingerprint density at radius 3 is 2.23 bits per heavy atom. The smallest absolute Gasteiger partial charge is 0.264 e. The maximum atomic E-state index is 13.9. The first-order chi connectivity index (χ1) is 18.6. The number of anilines is 1. The molecule has 0 aliphatic heterocycles. The summed E-state index contributed by atoms with van der Waals surface area (Å²) in [5.74, 6) is -1.44. The van der Waals surface area contributed by atoms with E-state index in [1.807, 2.05) is 6.92 Å². The van der Waals surface area contributed by atoms with Crippen molar-refractivity contribution in [3.8, 4) is 0 Å². The predicted molar refractivity (Wildman–Crippen MR) is 152 cm³/mol. The van der Waals surface area contributed by atoms with E-state index in [0.29, 0.717) is 23.6 Å². The molecule has 208 valence electrons. The Morgan fingerprint density at radius 1 is 0.974 bits per heavy atom. The first-order valence-corrected chi connectivity index (χ1v) is 14.6. The van der Waals surface area contributed by atoms with Gasteiger partial charge < -0.3 is 10.2 Å². The van der Waals surface area contributed by atoms with Crippen molar-refractivity contribution in [2.75, 3.05) is 17.4 Å². The van der Waals surface area contributed by atoms with E-state index in [1.165, 1.54) is 59.5 Å². The second kappa shape index (κ2) is 13.8. The van der Waals surface area contributed by atoms with E-state index in [-0.39, 0.29) is 34.5 Å². The number of benzene rings is 3. The molecule has 0 heterocycles. The van der Waals surface area contributed by atoms with Crippen molar-refractivity contribution < 1.29 is 22.4 Å². The Morgan fingerprint density at radius 2 is 1.64 bits per heavy atom. The molecule has 1 N–H and O–H groups in total. The lowest BCUT2D eigenvalue weighted by Crippen LogP contribution is -2.52. The van der Waals surface area contributed by atoms with Gasteiger partial charge in [-0.2, -0.15) is 0 Å². The van der Waals surface area contributed by atoms with E-state index in [1.54, 1.807) is 25.1 Å². The SMILES string of the molecule is CCCNC(=O)C(CC)N(Cc1ccc(F)cc1)C(=O)CN(c1ccc(Cl)cc1Cl)S(=O)(=O)c1ccccc1. The fourth-order valence-electron chi connectivity index (χ4n) is 3.99. The summed E-state index contributed by atoms with van der Waals surface area (Å²) in [5.41, 5.74) is 0.636. The number of hydrogen-bond acceptors (Lipinski definition) is 4. The van der Waals surface area contributed by atoms with Gasteiger partial charge in [-0.3, -0.25) is 13.9 Å². The Hall–Kier alpha value is -3.14. The van der Waals surface area contributed by atoms with Crippen LogP contribution < -0.4 is 9.62 Å². The Balaban J connectivity index is 2.07. The van der Waals surface area contributed by atoms with Gasteiger partial charge in [-0.15, -0.1) is 0 Å². The van der Waals surface area contributed by atoms with Crippen LogP contribution in [0.2, 0.25) is 10.0 Å². The molecule has 0 aliphatic carbocycles. The Kier molecular flexibility index (Phi) is 10.7. The van der Waals surface area contributed by atoms with Gasteiger partial charge in [-0.05, 0) is 60.9 Å². The number of hydrogen-bond donors (Lipinski definition) is 1. The van der Waals surface area contributed by atoms with E-state index in [0.717, 1.165) is 4.31 Å². The summed E-state index contributed by atoms with van der Waals surface area (Å²) < 4.78 is 42.0. The summed E-state index contributed by atoms with van der Waals surface area (Å²) in [5, 5.41) is 3.14. The quantitative estimate of drug-likeness (QED) is 0.293. The molecule has 0 fully saturated rings. The highest BCUT2D eigenvalue weighted by atomic mass is 35.5. The number of amides is 2. The van der Waals surface area contributed by atoms with Crippen LogP contribution in [0.25, 0.3) is 0 Å². The van der Waals surface area contributed by atoms with Crippen LogP contribution in [0.5, 0.6) is 0 Å². The van der Waals surface area contributed by atoms with Crippen LogP contribution in [0.15, 0.2) is 77.7 Å². The van der Waals surface area contributed by atoms with Crippen molar-refractivity contribution in [2.24, 2.45) is 0 Å². The standard InChI is InChI=1S/C28H30Cl2FN3O4S/c1-3-16-32-28(36)25(4-2)33(18-20-10-13-22(31)14-11-20)27(35)19-34(26-15-12-21(29)17-24(26)30)39(37,38)23-8-6-5-7-9-23/h5-15,17,25H,3-4,16,18-19H2,1-2H3,(H,32,36). The third-order valence-electron chi connectivity index (χ3n) is 5.99. The molecule has 0 radical (unpaired) electrons. The number of halogens is 3. The van der Waals surface area contributed by atoms with E-state index >= 15 is 0 Å². The fraction of sp³-hybridized carbons (Fsp3) is 0.286. The summed E-state index contributed by atoms with van der Waals surface area (Å²) in [6, 6.07) is 16.6. The highest BCUT2D eigenvalue weighted by Gasteiger charge is 2.34. The second-order valence-electron chi connectivity index (χ2n) is 8.78. The van der Waals surface area contributed by atoms with E-state index in [2.05, 4.69) is 5.32 Å². The van der Waals surface area contributed by atoms with Crippen molar-refractivity contribution in [2.45, 2.75) is 44.2 Å². The summed E-state index contributed by atoms with van der Waals surface area (Å²) in [7, 11) is -4.26. The van der Waals surface area contributed by atoms with E-state index in [4.69, 9.17) is 23.2 Å². The normalized spacial score (nSPS) is 12.0. The number of sulfonamides is 1. The molecule has 3 aromatic carbocycles. The molecule has 0 saturated heterocycles. The summed E-state index contributed by atoms with van der Waals surface area (Å²) in [6.45, 7) is 3.41. The average Bonchev–Trinajstić information content (AvgIpc) is 2.92. The number of nitrogens with zero attached hydrogens (tertiary/aromatic N) is 2. The number of carbonyl (C=O) groups excluding carboxylic acids is 2. The van der Waals surface area contributed by atoms with Crippen LogP contribution in [-0.4, -0.2) is 44.3 Å². The topological polar surface area (TPSA) is 86.8 Å². The number of nitrogens with one attached hydrogen (secondary N) is 1. The molecule has 2 amide bonds. The van der Waals surface area contributed by atoms with Crippen LogP contribution in [0, 0.1) is 5.82 Å². The number of rotatable bonds is 12. The third-order valence-corrected chi connectivity index (χ3v) is 8.30. The van der Waals surface area contributed by atoms with Gasteiger partial charge in [0.1, 0.15) is 18.4 Å². The van der Waals surface area contributed by atoms with Crippen LogP contribution in [0.3, 0.4) is 0 Å². The average molecular weight is 595 g/mol. The highest BCUT2D eigenvalue weighted by molar-refractivity contribution is 7.92. The highest BCUT2D eigenvalue weighted by Crippen LogP contribution is 2.33. The molecular formula is C28H30Cl2FN3O4S. The lowest BCUT2D eigenvalue weighted by molar-refractivity contribution is -0.140. The van der Waals surface area contributed by atoms with Crippen LogP contribution in [0.1, 0.15) is 32.3 Å². The molecule has 0 bridgehead atoms. The zero-order chi connectivity index (χ0) is 28.6. The van der Waals surface area contributed by atoms with Gasteiger partial charge in [0.15, 0.2) is 0 Å². The Labute approximate surface area is 238 Å². The van der Waals surface area contributed by atoms with Crippen molar-refractivity contribution in [3.05, 3.63) is 94.2 Å². The molecule has 1 atom stereocenters. The van der Waals surface area contributed by atoms with Gasteiger partial charge in [0, 0.05) is 18.1 Å².